The number of nitrogens with zero attached hydrogens (tertiary/aromatic N) is 2. The fourth-order valence-electron chi connectivity index (χ4n) is 4.10. The van der Waals surface area contributed by atoms with Crippen LogP contribution >= 0.6 is 0 Å². The number of nitrogen functional groups attached to an aromatic ring is 1. The van der Waals surface area contributed by atoms with E-state index in [2.05, 4.69) is 22.4 Å². The predicted octanol–water partition coefficient (Wildman–Crippen LogP) is 3.13. The minimum atomic E-state index is -0.583. The van der Waals surface area contributed by atoms with Crippen LogP contribution in [0.4, 0.5) is 11.4 Å². The third-order valence-electron chi connectivity index (χ3n) is 5.69. The molecule has 2 aliphatic rings. The fraction of sp³-hybridized carbons (Fsp3) is 0.571. The Kier molecular flexibility index (Phi) is 7.09. The number of carbonyl (C=O) groups is 1. The van der Waals surface area contributed by atoms with E-state index in [4.69, 9.17) is 10.5 Å². The number of ether oxygens (including phenoxy) is 1. The number of amides is 1. The first-order chi connectivity index (χ1) is 14.0. The number of hydrogen-bond donors (Lipinski definition) is 2. The average Bonchev–Trinajstić information content (AvgIpc) is 2.70. The molecule has 1 saturated heterocycles. The molecule has 3 N–H and O–H groups in total. The first kappa shape index (κ1) is 21.1. The van der Waals surface area contributed by atoms with Crippen molar-refractivity contribution in [2.45, 2.75) is 45.1 Å². The van der Waals surface area contributed by atoms with Gasteiger partial charge < -0.3 is 20.7 Å². The van der Waals surface area contributed by atoms with Crippen molar-refractivity contribution in [1.82, 2.24) is 10.2 Å². The average molecular weight is 402 g/mol. The summed E-state index contributed by atoms with van der Waals surface area (Å²) in [6, 6.07) is 2.62. The molecule has 158 valence electrons. The summed E-state index contributed by atoms with van der Waals surface area (Å²) in [4.78, 5) is 25.9. The summed E-state index contributed by atoms with van der Waals surface area (Å²) in [6.07, 6.45) is 9.87. The van der Waals surface area contributed by atoms with E-state index in [1.54, 1.807) is 6.92 Å². The second-order valence-corrected chi connectivity index (χ2v) is 7.80. The van der Waals surface area contributed by atoms with Crippen molar-refractivity contribution in [3.8, 4) is 5.75 Å². The van der Waals surface area contributed by atoms with E-state index in [1.807, 2.05) is 0 Å². The Balaban J connectivity index is 1.59. The zero-order valence-electron chi connectivity index (χ0n) is 16.9. The lowest BCUT2D eigenvalue weighted by Crippen LogP contribution is -2.45. The number of nitrogens with one attached hydrogen (secondary N) is 1. The van der Waals surface area contributed by atoms with Crippen LogP contribution < -0.4 is 15.8 Å². The molecule has 1 fully saturated rings. The Morgan fingerprint density at radius 3 is 2.69 bits per heavy atom. The van der Waals surface area contributed by atoms with E-state index < -0.39 is 4.92 Å². The van der Waals surface area contributed by atoms with Crippen LogP contribution in [0.1, 0.15) is 49.4 Å². The molecule has 1 aromatic carbocycles. The van der Waals surface area contributed by atoms with Gasteiger partial charge >= 0.3 is 0 Å². The number of piperidine rings is 1. The lowest BCUT2D eigenvalue weighted by molar-refractivity contribution is -0.383. The molecule has 0 unspecified atom stereocenters. The highest BCUT2D eigenvalue weighted by atomic mass is 16.6. The molecule has 1 heterocycles. The van der Waals surface area contributed by atoms with Crippen LogP contribution in [0, 0.1) is 16.0 Å². The number of nitro groups is 1. The number of nitro benzene ring substituents is 1. The minimum absolute atomic E-state index is 0.0131. The van der Waals surface area contributed by atoms with Gasteiger partial charge in [0.15, 0.2) is 0 Å². The van der Waals surface area contributed by atoms with Crippen molar-refractivity contribution in [1.29, 1.82) is 0 Å². The molecular formula is C21H30N4O4. The summed E-state index contributed by atoms with van der Waals surface area (Å²) in [5.74, 6) is 0.651. The number of anilines is 1. The van der Waals surface area contributed by atoms with Crippen LogP contribution in [-0.2, 0) is 0 Å². The van der Waals surface area contributed by atoms with E-state index in [-0.39, 0.29) is 34.6 Å². The minimum Gasteiger partial charge on any atom is -0.493 e. The highest BCUT2D eigenvalue weighted by Gasteiger charge is 2.26. The van der Waals surface area contributed by atoms with Crippen LogP contribution in [0.25, 0.3) is 0 Å². The van der Waals surface area contributed by atoms with E-state index >= 15 is 0 Å². The number of carbonyl (C=O) groups excluding carboxylic acids is 1. The summed E-state index contributed by atoms with van der Waals surface area (Å²) in [5, 5.41) is 14.2. The summed E-state index contributed by atoms with van der Waals surface area (Å²) in [6.45, 7) is 5.14. The number of hydrogen-bond acceptors (Lipinski definition) is 6. The fourth-order valence-corrected chi connectivity index (χ4v) is 4.10. The van der Waals surface area contributed by atoms with Gasteiger partial charge in [-0.25, -0.2) is 0 Å². The van der Waals surface area contributed by atoms with Crippen molar-refractivity contribution in [3.63, 3.8) is 0 Å². The summed E-state index contributed by atoms with van der Waals surface area (Å²) in [7, 11) is 0. The SMILES string of the molecule is CCOc1cc(N)c([N+](=O)[O-])cc1C(=O)NC1CCN(C[C@H]2CC=CCC2)CC1. The van der Waals surface area contributed by atoms with Crippen LogP contribution in [-0.4, -0.2) is 48.0 Å². The maximum atomic E-state index is 12.8. The van der Waals surface area contributed by atoms with Gasteiger partial charge in [-0.3, -0.25) is 14.9 Å². The third-order valence-corrected chi connectivity index (χ3v) is 5.69. The van der Waals surface area contributed by atoms with Crippen molar-refractivity contribution in [2.24, 2.45) is 5.92 Å². The van der Waals surface area contributed by atoms with Gasteiger partial charge in [-0.1, -0.05) is 12.2 Å². The third kappa shape index (κ3) is 5.47. The number of nitrogens with two attached hydrogens (primary N) is 1. The summed E-state index contributed by atoms with van der Waals surface area (Å²) >= 11 is 0. The summed E-state index contributed by atoms with van der Waals surface area (Å²) < 4.78 is 5.49. The molecule has 0 spiro atoms. The van der Waals surface area contributed by atoms with Crippen LogP contribution in [0.15, 0.2) is 24.3 Å². The molecule has 0 aromatic heterocycles. The van der Waals surface area contributed by atoms with Crippen molar-refractivity contribution < 1.29 is 14.5 Å². The lowest BCUT2D eigenvalue weighted by atomic mass is 9.93. The second kappa shape index (κ2) is 9.73. The number of benzene rings is 1. The lowest BCUT2D eigenvalue weighted by Gasteiger charge is -2.35. The second-order valence-electron chi connectivity index (χ2n) is 7.80. The Morgan fingerprint density at radius 2 is 2.07 bits per heavy atom. The molecule has 0 bridgehead atoms. The Hall–Kier alpha value is -2.61. The molecule has 0 saturated carbocycles. The molecule has 1 aliphatic carbocycles. The maximum Gasteiger partial charge on any atom is 0.293 e. The maximum absolute atomic E-state index is 12.8. The molecule has 1 amide bonds. The summed E-state index contributed by atoms with van der Waals surface area (Å²) in [5.41, 5.74) is 5.60. The van der Waals surface area contributed by atoms with Gasteiger partial charge in [0.2, 0.25) is 0 Å². The molecule has 1 aliphatic heterocycles. The van der Waals surface area contributed by atoms with Gasteiger partial charge in [0.1, 0.15) is 11.4 Å². The number of likely N-dealkylation sites (tertiary alicyclic amines) is 1. The van der Waals surface area contributed by atoms with E-state index in [0.29, 0.717) is 6.61 Å². The highest BCUT2D eigenvalue weighted by molar-refractivity contribution is 5.98. The predicted molar refractivity (Wildman–Crippen MR) is 112 cm³/mol. The van der Waals surface area contributed by atoms with Gasteiger partial charge in [0.25, 0.3) is 11.6 Å². The first-order valence-corrected chi connectivity index (χ1v) is 10.4. The van der Waals surface area contributed by atoms with Crippen molar-refractivity contribution >= 4 is 17.3 Å². The molecule has 8 nitrogen and oxygen atoms in total. The largest absolute Gasteiger partial charge is 0.493 e. The van der Waals surface area contributed by atoms with E-state index in [1.165, 1.54) is 25.0 Å². The molecular weight excluding hydrogens is 372 g/mol. The van der Waals surface area contributed by atoms with Crippen molar-refractivity contribution in [2.75, 3.05) is 32.0 Å². The number of rotatable bonds is 7. The Morgan fingerprint density at radius 1 is 1.31 bits per heavy atom. The Bertz CT molecular complexity index is 772. The van der Waals surface area contributed by atoms with Gasteiger partial charge in [-0.15, -0.1) is 0 Å². The monoisotopic (exact) mass is 402 g/mol. The van der Waals surface area contributed by atoms with Crippen LogP contribution in [0.2, 0.25) is 0 Å². The zero-order valence-corrected chi connectivity index (χ0v) is 16.9. The molecule has 8 heteroatoms. The van der Waals surface area contributed by atoms with Gasteiger partial charge in [-0.05, 0) is 44.9 Å². The topological polar surface area (TPSA) is 111 Å². The number of allylic oxidation sites excluding steroid dienone is 2. The zero-order chi connectivity index (χ0) is 20.8. The first-order valence-electron chi connectivity index (χ1n) is 10.4. The van der Waals surface area contributed by atoms with Gasteiger partial charge in [0, 0.05) is 37.8 Å². The standard InChI is InChI=1S/C21H30N4O4/c1-2-29-20-13-18(22)19(25(27)28)12-17(20)21(26)23-16-8-10-24(11-9-16)14-15-6-4-3-5-7-15/h3-4,12-13,15-16H,2,5-11,14,22H2,1H3,(H,23,26)/t15-/m0/s1. The molecule has 3 rings (SSSR count). The molecule has 0 radical (unpaired) electrons. The van der Waals surface area contributed by atoms with E-state index in [0.717, 1.165) is 44.8 Å². The van der Waals surface area contributed by atoms with Gasteiger partial charge in [0.05, 0.1) is 17.1 Å². The highest BCUT2D eigenvalue weighted by Crippen LogP contribution is 2.31. The Labute approximate surface area is 171 Å². The quantitative estimate of drug-likeness (QED) is 0.314. The van der Waals surface area contributed by atoms with Gasteiger partial charge in [-0.2, -0.15) is 0 Å². The van der Waals surface area contributed by atoms with Crippen LogP contribution in [0.5, 0.6) is 5.75 Å². The molecule has 1 atom stereocenters. The van der Waals surface area contributed by atoms with E-state index in [9.17, 15) is 14.9 Å². The smallest absolute Gasteiger partial charge is 0.293 e. The van der Waals surface area contributed by atoms with Crippen molar-refractivity contribution in [3.05, 3.63) is 40.0 Å². The molecule has 1 aromatic rings. The molecule has 29 heavy (non-hydrogen) atoms. The van der Waals surface area contributed by atoms with Crippen LogP contribution in [0.3, 0.4) is 0 Å². The normalized spacial score (nSPS) is 20.4.